The Morgan fingerprint density at radius 3 is 2.03 bits per heavy atom. The maximum absolute atomic E-state index is 14.1. The van der Waals surface area contributed by atoms with Crippen LogP contribution in [0.15, 0.2) is 48.5 Å². The molecule has 0 radical (unpaired) electrons. The molecule has 7 rings (SSSR count). The Morgan fingerprint density at radius 1 is 0.811 bits per heavy atom. The van der Waals surface area contributed by atoms with Gasteiger partial charge in [0.15, 0.2) is 0 Å². The third-order valence-corrected chi connectivity index (χ3v) is 10.2. The van der Waals surface area contributed by atoms with Crippen LogP contribution in [-0.4, -0.2) is 33.6 Å². The molecule has 190 valence electrons. The minimum Gasteiger partial charge on any atom is -0.357 e. The number of carbonyl (C=O) groups excluding carboxylic acids is 1. The summed E-state index contributed by atoms with van der Waals surface area (Å²) in [5.41, 5.74) is 5.99. The molecule has 2 aromatic heterocycles. The fourth-order valence-electron chi connectivity index (χ4n) is 6.99. The Bertz CT molecular complexity index is 1810. The first-order chi connectivity index (χ1) is 17.4. The van der Waals surface area contributed by atoms with Gasteiger partial charge < -0.3 is 18.8 Å². The van der Waals surface area contributed by atoms with Crippen LogP contribution in [0.2, 0.25) is 0 Å². The average Bonchev–Trinajstić information content (AvgIpc) is 3.47. The number of amides is 1. The number of hydrogen-bond acceptors (Lipinski definition) is 2. The molecule has 1 atom stereocenters. The predicted octanol–water partition coefficient (Wildman–Crippen LogP) is 7.34. The molecule has 4 heterocycles. The normalized spacial score (nSPS) is 22.2. The van der Waals surface area contributed by atoms with Crippen molar-refractivity contribution in [3.8, 4) is 0 Å². The van der Waals surface area contributed by atoms with E-state index in [9.17, 15) is 4.79 Å². The van der Waals surface area contributed by atoms with Crippen LogP contribution in [-0.2, 0) is 17.3 Å². The number of ether oxygens (including phenoxy) is 1. The Morgan fingerprint density at radius 2 is 1.41 bits per heavy atom. The molecule has 2 aliphatic heterocycles. The molecule has 2 aliphatic rings. The lowest BCUT2D eigenvalue weighted by Crippen LogP contribution is -2.35. The molecule has 5 aromatic rings. The van der Waals surface area contributed by atoms with E-state index in [4.69, 9.17) is 4.74 Å². The number of aromatic nitrogens is 2. The van der Waals surface area contributed by atoms with Crippen molar-refractivity contribution in [2.24, 2.45) is 17.9 Å². The monoisotopic (exact) mass is 493 g/mol. The largest absolute Gasteiger partial charge is 0.357 e. The van der Waals surface area contributed by atoms with Gasteiger partial charge in [0.25, 0.3) is 5.91 Å². The van der Waals surface area contributed by atoms with E-state index in [-0.39, 0.29) is 23.0 Å². The number of para-hydroxylation sites is 2. The Hall–Kier alpha value is -3.31. The zero-order valence-electron chi connectivity index (χ0n) is 23.1. The lowest BCUT2D eigenvalue weighted by molar-refractivity contribution is 0.00732. The fourth-order valence-corrected chi connectivity index (χ4v) is 6.99. The summed E-state index contributed by atoms with van der Waals surface area (Å²) in [6, 6.07) is 17.1. The van der Waals surface area contributed by atoms with Gasteiger partial charge in [0, 0.05) is 52.1 Å². The summed E-state index contributed by atoms with van der Waals surface area (Å²) in [5.74, 6) is 0.0923. The molecular formula is C32H35N3O2. The minimum atomic E-state index is -0.433. The summed E-state index contributed by atoms with van der Waals surface area (Å²) in [6.07, 6.45) is -0.161. The number of carbonyl (C=O) groups is 1. The van der Waals surface area contributed by atoms with Gasteiger partial charge in [0.05, 0.1) is 34.3 Å². The van der Waals surface area contributed by atoms with Gasteiger partial charge in [-0.2, -0.15) is 0 Å². The number of fused-ring (bicyclic) bond motifs is 10. The SMILES string of the molecule is CN1C(=O)c2c(c3c4ccccc4n(C)c3c3c2c2ccccc2n3C2OCC(C)(C)C2(C)C)C1(C)C. The number of benzene rings is 3. The highest BCUT2D eigenvalue weighted by Crippen LogP contribution is 2.57. The zero-order valence-corrected chi connectivity index (χ0v) is 23.1. The van der Waals surface area contributed by atoms with Crippen LogP contribution in [0.4, 0.5) is 0 Å². The van der Waals surface area contributed by atoms with Gasteiger partial charge in [-0.3, -0.25) is 4.79 Å². The van der Waals surface area contributed by atoms with Crippen molar-refractivity contribution in [1.82, 2.24) is 14.0 Å². The summed E-state index contributed by atoms with van der Waals surface area (Å²) >= 11 is 0. The van der Waals surface area contributed by atoms with Gasteiger partial charge >= 0.3 is 0 Å². The van der Waals surface area contributed by atoms with Crippen molar-refractivity contribution in [3.63, 3.8) is 0 Å². The van der Waals surface area contributed by atoms with Crippen molar-refractivity contribution in [2.75, 3.05) is 13.7 Å². The van der Waals surface area contributed by atoms with Gasteiger partial charge in [0.2, 0.25) is 0 Å². The Labute approximate surface area is 217 Å². The van der Waals surface area contributed by atoms with E-state index in [2.05, 4.69) is 106 Å². The Balaban J connectivity index is 1.82. The second-order valence-electron chi connectivity index (χ2n) is 12.9. The molecule has 0 aliphatic carbocycles. The molecule has 5 nitrogen and oxygen atoms in total. The molecule has 1 unspecified atom stereocenters. The molecule has 1 saturated heterocycles. The van der Waals surface area contributed by atoms with E-state index >= 15 is 0 Å². The van der Waals surface area contributed by atoms with Crippen LogP contribution >= 0.6 is 0 Å². The van der Waals surface area contributed by atoms with E-state index in [0.717, 1.165) is 32.9 Å². The summed E-state index contributed by atoms with van der Waals surface area (Å²) in [4.78, 5) is 16.0. The average molecular weight is 494 g/mol. The van der Waals surface area contributed by atoms with E-state index in [1.807, 2.05) is 11.9 Å². The van der Waals surface area contributed by atoms with E-state index in [1.165, 1.54) is 21.8 Å². The first kappa shape index (κ1) is 22.9. The van der Waals surface area contributed by atoms with Gasteiger partial charge in [-0.15, -0.1) is 0 Å². The summed E-state index contributed by atoms with van der Waals surface area (Å²) < 4.78 is 11.4. The second kappa shape index (κ2) is 6.76. The van der Waals surface area contributed by atoms with E-state index in [1.54, 1.807) is 0 Å². The van der Waals surface area contributed by atoms with Gasteiger partial charge in [-0.1, -0.05) is 64.1 Å². The van der Waals surface area contributed by atoms with Crippen LogP contribution in [0.5, 0.6) is 0 Å². The van der Waals surface area contributed by atoms with Crippen LogP contribution in [0, 0.1) is 10.8 Å². The van der Waals surface area contributed by atoms with E-state index < -0.39 is 5.54 Å². The lowest BCUT2D eigenvalue weighted by Gasteiger charge is -2.37. The lowest BCUT2D eigenvalue weighted by atomic mass is 9.69. The molecule has 3 aromatic carbocycles. The van der Waals surface area contributed by atoms with Crippen LogP contribution < -0.4 is 0 Å². The quantitative estimate of drug-likeness (QED) is 0.245. The van der Waals surface area contributed by atoms with Gasteiger partial charge in [0.1, 0.15) is 6.23 Å². The van der Waals surface area contributed by atoms with Gasteiger partial charge in [-0.05, 0) is 31.4 Å². The first-order valence-corrected chi connectivity index (χ1v) is 13.3. The summed E-state index contributed by atoms with van der Waals surface area (Å²) in [7, 11) is 4.10. The standard InChI is InChI=1S/C32H35N3O2/c1-30(2)17-37-29(31(30,3)4)35-21-16-12-10-14-19(21)22-24-25(32(5,6)34(8)28(24)36)23-18-13-9-11-15-20(18)33(7)26(23)27(22)35/h9-16,29H,17H2,1-8H3. The zero-order chi connectivity index (χ0) is 26.2. The van der Waals surface area contributed by atoms with Crippen LogP contribution in [0.25, 0.3) is 43.6 Å². The van der Waals surface area contributed by atoms with Crippen molar-refractivity contribution in [3.05, 3.63) is 59.7 Å². The first-order valence-electron chi connectivity index (χ1n) is 13.3. The Kier molecular flexibility index (Phi) is 4.18. The molecule has 5 heteroatoms. The number of aryl methyl sites for hydroxylation is 1. The third-order valence-electron chi connectivity index (χ3n) is 10.2. The maximum atomic E-state index is 14.1. The molecule has 37 heavy (non-hydrogen) atoms. The number of nitrogens with zero attached hydrogens (tertiary/aromatic N) is 3. The molecule has 0 bridgehead atoms. The highest BCUT2D eigenvalue weighted by atomic mass is 16.5. The predicted molar refractivity (Wildman–Crippen MR) is 151 cm³/mol. The highest BCUT2D eigenvalue weighted by molar-refractivity contribution is 6.31. The molecule has 0 saturated carbocycles. The van der Waals surface area contributed by atoms with Crippen LogP contribution in [0.3, 0.4) is 0 Å². The second-order valence-corrected chi connectivity index (χ2v) is 12.9. The minimum absolute atomic E-state index is 0.00214. The van der Waals surface area contributed by atoms with Crippen molar-refractivity contribution < 1.29 is 9.53 Å². The van der Waals surface area contributed by atoms with Crippen molar-refractivity contribution in [1.29, 1.82) is 0 Å². The molecule has 0 spiro atoms. The molecule has 1 amide bonds. The molecular weight excluding hydrogens is 458 g/mol. The van der Waals surface area contributed by atoms with Crippen molar-refractivity contribution in [2.45, 2.75) is 53.3 Å². The smallest absolute Gasteiger partial charge is 0.255 e. The molecule has 0 N–H and O–H groups in total. The van der Waals surface area contributed by atoms with Crippen LogP contribution in [0.1, 0.15) is 63.7 Å². The third kappa shape index (κ3) is 2.47. The van der Waals surface area contributed by atoms with Crippen molar-refractivity contribution >= 4 is 49.5 Å². The van der Waals surface area contributed by atoms with E-state index in [0.29, 0.717) is 6.61 Å². The molecule has 1 fully saturated rings. The maximum Gasteiger partial charge on any atom is 0.255 e. The summed E-state index contributed by atoms with van der Waals surface area (Å²) in [5, 5.41) is 4.54. The fraction of sp³-hybridized carbons (Fsp3) is 0.406. The number of rotatable bonds is 1. The van der Waals surface area contributed by atoms with Gasteiger partial charge in [-0.25, -0.2) is 0 Å². The highest BCUT2D eigenvalue weighted by Gasteiger charge is 2.52. The summed E-state index contributed by atoms with van der Waals surface area (Å²) in [6.45, 7) is 14.3. The topological polar surface area (TPSA) is 39.4 Å². The number of hydrogen-bond donors (Lipinski definition) is 0.